The predicted octanol–water partition coefficient (Wildman–Crippen LogP) is 3.52. The fourth-order valence-electron chi connectivity index (χ4n) is 3.74. The second-order valence-corrected chi connectivity index (χ2v) is 7.52. The monoisotopic (exact) mass is 405 g/mol. The van der Waals surface area contributed by atoms with Crippen LogP contribution < -0.4 is 15.6 Å². The molecule has 154 valence electrons. The third-order valence-electron chi connectivity index (χ3n) is 5.37. The number of anilines is 1. The van der Waals surface area contributed by atoms with Gasteiger partial charge in [-0.25, -0.2) is 9.48 Å². The summed E-state index contributed by atoms with van der Waals surface area (Å²) in [5.74, 6) is -0.145. The number of nitrogens with one attached hydrogen (secondary N) is 1. The van der Waals surface area contributed by atoms with Crippen molar-refractivity contribution in [3.05, 3.63) is 65.1 Å². The zero-order valence-corrected chi connectivity index (χ0v) is 16.5. The molecule has 4 rings (SSSR count). The highest BCUT2D eigenvalue weighted by Crippen LogP contribution is 2.25. The second kappa shape index (κ2) is 8.90. The summed E-state index contributed by atoms with van der Waals surface area (Å²) < 4.78 is 6.40. The van der Waals surface area contributed by atoms with Gasteiger partial charge in [-0.1, -0.05) is 37.5 Å². The Hall–Kier alpha value is -3.48. The summed E-state index contributed by atoms with van der Waals surface area (Å²) >= 11 is 0. The summed E-state index contributed by atoms with van der Waals surface area (Å²) in [7, 11) is 0. The van der Waals surface area contributed by atoms with Crippen LogP contribution in [-0.4, -0.2) is 21.7 Å². The predicted molar refractivity (Wildman–Crippen MR) is 113 cm³/mol. The molecule has 0 radical (unpaired) electrons. The van der Waals surface area contributed by atoms with Crippen LogP contribution in [0.15, 0.2) is 59.5 Å². The molecule has 1 N–H and O–H groups in total. The van der Waals surface area contributed by atoms with Crippen LogP contribution in [0.3, 0.4) is 0 Å². The third kappa shape index (κ3) is 4.56. The zero-order chi connectivity index (χ0) is 20.9. The van der Waals surface area contributed by atoms with Gasteiger partial charge < -0.3 is 10.1 Å². The first-order chi connectivity index (χ1) is 14.6. The number of carbonyl (C=O) groups excluding carboxylic acids is 2. The Morgan fingerprint density at radius 3 is 2.53 bits per heavy atom. The van der Waals surface area contributed by atoms with Crippen molar-refractivity contribution in [2.24, 2.45) is 5.92 Å². The van der Waals surface area contributed by atoms with E-state index in [1.165, 1.54) is 6.42 Å². The van der Waals surface area contributed by atoms with Gasteiger partial charge in [0.25, 0.3) is 5.56 Å². The van der Waals surface area contributed by atoms with Gasteiger partial charge in [0.15, 0.2) is 0 Å². The second-order valence-electron chi connectivity index (χ2n) is 7.52. The van der Waals surface area contributed by atoms with E-state index >= 15 is 0 Å². The van der Waals surface area contributed by atoms with Crippen molar-refractivity contribution >= 4 is 28.3 Å². The SMILES string of the molecule is O=C(Cn1ncc2ccccc2c1=O)Oc1ccc(NC(=O)C2CCCCC2)cc1. The minimum absolute atomic E-state index is 0.0428. The van der Waals surface area contributed by atoms with Gasteiger partial charge in [-0.2, -0.15) is 5.10 Å². The Morgan fingerprint density at radius 2 is 1.77 bits per heavy atom. The number of esters is 1. The first kappa shape index (κ1) is 19.8. The molecule has 0 aliphatic heterocycles. The van der Waals surface area contributed by atoms with Crippen LogP contribution in [-0.2, 0) is 16.1 Å². The van der Waals surface area contributed by atoms with Crippen LogP contribution in [0.1, 0.15) is 32.1 Å². The van der Waals surface area contributed by atoms with Gasteiger partial charge in [0.2, 0.25) is 5.91 Å². The van der Waals surface area contributed by atoms with Crippen molar-refractivity contribution in [3.63, 3.8) is 0 Å². The smallest absolute Gasteiger partial charge is 0.333 e. The number of hydrogen-bond acceptors (Lipinski definition) is 5. The summed E-state index contributed by atoms with van der Waals surface area (Å²) in [5.41, 5.74) is 0.323. The number of rotatable bonds is 5. The number of aromatic nitrogens is 2. The first-order valence-corrected chi connectivity index (χ1v) is 10.2. The lowest BCUT2D eigenvalue weighted by molar-refractivity contribution is -0.135. The third-order valence-corrected chi connectivity index (χ3v) is 5.37. The maximum atomic E-state index is 12.4. The average molecular weight is 405 g/mol. The summed E-state index contributed by atoms with van der Waals surface area (Å²) in [6, 6.07) is 13.7. The summed E-state index contributed by atoms with van der Waals surface area (Å²) in [6.45, 7) is -0.288. The van der Waals surface area contributed by atoms with E-state index in [4.69, 9.17) is 4.74 Å². The fourth-order valence-corrected chi connectivity index (χ4v) is 3.74. The molecule has 1 aromatic heterocycles. The van der Waals surface area contributed by atoms with E-state index in [1.807, 2.05) is 6.07 Å². The van der Waals surface area contributed by atoms with Crippen LogP contribution in [0.25, 0.3) is 10.8 Å². The molecule has 0 saturated heterocycles. The van der Waals surface area contributed by atoms with Crippen molar-refractivity contribution in [2.45, 2.75) is 38.6 Å². The number of fused-ring (bicyclic) bond motifs is 1. The molecule has 1 aliphatic rings. The largest absolute Gasteiger partial charge is 0.425 e. The highest BCUT2D eigenvalue weighted by Gasteiger charge is 2.21. The van der Waals surface area contributed by atoms with Gasteiger partial charge >= 0.3 is 5.97 Å². The molecule has 0 bridgehead atoms. The molecule has 7 nitrogen and oxygen atoms in total. The van der Waals surface area contributed by atoms with Gasteiger partial charge in [0.05, 0.1) is 11.6 Å². The average Bonchev–Trinajstić information content (AvgIpc) is 2.78. The number of benzene rings is 2. The number of ether oxygens (including phenoxy) is 1. The van der Waals surface area contributed by atoms with E-state index in [1.54, 1.807) is 48.7 Å². The lowest BCUT2D eigenvalue weighted by Gasteiger charge is -2.20. The molecule has 0 unspecified atom stereocenters. The topological polar surface area (TPSA) is 90.3 Å². The molecular weight excluding hydrogens is 382 g/mol. The molecule has 1 saturated carbocycles. The Labute approximate surface area is 173 Å². The van der Waals surface area contributed by atoms with Crippen LogP contribution >= 0.6 is 0 Å². The molecule has 7 heteroatoms. The molecule has 1 amide bonds. The van der Waals surface area contributed by atoms with Crippen LogP contribution in [0.5, 0.6) is 5.75 Å². The molecule has 1 aliphatic carbocycles. The highest BCUT2D eigenvalue weighted by molar-refractivity contribution is 5.92. The Kier molecular flexibility index (Phi) is 5.88. The minimum atomic E-state index is -0.598. The van der Waals surface area contributed by atoms with Gasteiger partial charge in [-0.15, -0.1) is 0 Å². The van der Waals surface area contributed by atoms with E-state index in [2.05, 4.69) is 10.4 Å². The van der Waals surface area contributed by atoms with Gasteiger partial charge in [0.1, 0.15) is 12.3 Å². The molecule has 2 aromatic carbocycles. The normalized spacial score (nSPS) is 14.4. The molecule has 30 heavy (non-hydrogen) atoms. The molecule has 1 heterocycles. The van der Waals surface area contributed by atoms with Gasteiger partial charge in [0, 0.05) is 17.0 Å². The Morgan fingerprint density at radius 1 is 1.03 bits per heavy atom. The van der Waals surface area contributed by atoms with E-state index in [-0.39, 0.29) is 23.9 Å². The summed E-state index contributed by atoms with van der Waals surface area (Å²) in [5, 5.41) is 8.18. The number of amides is 1. The van der Waals surface area contributed by atoms with Crippen molar-refractivity contribution in [1.29, 1.82) is 0 Å². The maximum Gasteiger partial charge on any atom is 0.333 e. The Balaban J connectivity index is 1.36. The van der Waals surface area contributed by atoms with Crippen LogP contribution in [0, 0.1) is 5.92 Å². The number of nitrogens with zero attached hydrogens (tertiary/aromatic N) is 2. The van der Waals surface area contributed by atoms with Crippen LogP contribution in [0.2, 0.25) is 0 Å². The zero-order valence-electron chi connectivity index (χ0n) is 16.5. The lowest BCUT2D eigenvalue weighted by Crippen LogP contribution is -2.28. The molecule has 1 fully saturated rings. The minimum Gasteiger partial charge on any atom is -0.425 e. The summed E-state index contributed by atoms with van der Waals surface area (Å²) in [6.07, 6.45) is 6.82. The van der Waals surface area contributed by atoms with Crippen molar-refractivity contribution in [3.8, 4) is 5.75 Å². The van der Waals surface area contributed by atoms with E-state index in [0.29, 0.717) is 16.8 Å². The van der Waals surface area contributed by atoms with E-state index < -0.39 is 5.97 Å². The van der Waals surface area contributed by atoms with Crippen molar-refractivity contribution in [2.75, 3.05) is 5.32 Å². The lowest BCUT2D eigenvalue weighted by atomic mass is 9.88. The maximum absolute atomic E-state index is 12.4. The molecule has 0 spiro atoms. The van der Waals surface area contributed by atoms with Gasteiger partial charge in [-0.3, -0.25) is 9.59 Å². The molecular formula is C23H23N3O4. The first-order valence-electron chi connectivity index (χ1n) is 10.2. The number of carbonyl (C=O) groups is 2. The van der Waals surface area contributed by atoms with Crippen molar-refractivity contribution in [1.82, 2.24) is 9.78 Å². The molecule has 3 aromatic rings. The standard InChI is InChI=1S/C23H23N3O4/c27-21(15-26-23(29)20-9-5-4-8-17(20)14-24-26)30-19-12-10-18(11-13-19)25-22(28)16-6-2-1-3-7-16/h4-5,8-14,16H,1-3,6-7,15H2,(H,25,28). The highest BCUT2D eigenvalue weighted by atomic mass is 16.5. The Bertz CT molecular complexity index is 1120. The fraction of sp³-hybridized carbons (Fsp3) is 0.304. The van der Waals surface area contributed by atoms with Crippen LogP contribution in [0.4, 0.5) is 5.69 Å². The van der Waals surface area contributed by atoms with E-state index in [0.717, 1.165) is 35.8 Å². The summed E-state index contributed by atoms with van der Waals surface area (Å²) in [4.78, 5) is 37.0. The molecule has 0 atom stereocenters. The van der Waals surface area contributed by atoms with E-state index in [9.17, 15) is 14.4 Å². The van der Waals surface area contributed by atoms with Crippen molar-refractivity contribution < 1.29 is 14.3 Å². The quantitative estimate of drug-likeness (QED) is 0.518. The number of hydrogen-bond donors (Lipinski definition) is 1. The van der Waals surface area contributed by atoms with Gasteiger partial charge in [-0.05, 0) is 43.2 Å².